The molecule has 0 spiro atoms. The number of aromatic amines is 1. The Balaban J connectivity index is 1.25. The number of rotatable bonds is 8. The first-order chi connectivity index (χ1) is 18.1. The topological polar surface area (TPSA) is 99.3 Å². The summed E-state index contributed by atoms with van der Waals surface area (Å²) in [4.78, 5) is 34.4. The maximum absolute atomic E-state index is 13.0. The molecule has 1 aromatic heterocycles. The zero-order valence-electron chi connectivity index (χ0n) is 20.2. The number of alkyl halides is 1. The molecule has 190 valence electrons. The third-order valence-electron chi connectivity index (χ3n) is 6.51. The van der Waals surface area contributed by atoms with E-state index >= 15 is 0 Å². The standard InChI is InChI=1S/C28H28ClN5O3/c29-17-26(35)34-15-13-19(14-16-34)27(36)31-23-10-4-6-12-25(23)37-24-11-5-1-7-20(24)18-30-28-32-21-8-2-3-9-22(21)33-28/h1-12,19H,13-18H2,(H,31,36)(H2,30,32,33). The van der Waals surface area contributed by atoms with Gasteiger partial charge in [0.25, 0.3) is 0 Å². The molecule has 5 rings (SSSR count). The van der Waals surface area contributed by atoms with Crippen molar-refractivity contribution in [2.75, 3.05) is 29.6 Å². The van der Waals surface area contributed by atoms with E-state index in [4.69, 9.17) is 16.3 Å². The number of nitrogens with one attached hydrogen (secondary N) is 3. The van der Waals surface area contributed by atoms with Gasteiger partial charge < -0.3 is 25.3 Å². The maximum Gasteiger partial charge on any atom is 0.237 e. The van der Waals surface area contributed by atoms with Crippen molar-refractivity contribution < 1.29 is 14.3 Å². The Morgan fingerprint density at radius 3 is 2.46 bits per heavy atom. The SMILES string of the molecule is O=C(Nc1ccccc1Oc1ccccc1CNc1nc2ccccc2[nH]1)C1CCN(C(=O)CCl)CC1. The van der Waals surface area contributed by atoms with Gasteiger partial charge in [-0.1, -0.05) is 42.5 Å². The van der Waals surface area contributed by atoms with Crippen LogP contribution in [-0.4, -0.2) is 45.7 Å². The van der Waals surface area contributed by atoms with Crippen molar-refractivity contribution in [1.82, 2.24) is 14.9 Å². The van der Waals surface area contributed by atoms with Crippen LogP contribution >= 0.6 is 11.6 Å². The number of fused-ring (bicyclic) bond motifs is 1. The Bertz CT molecular complexity index is 1360. The van der Waals surface area contributed by atoms with Crippen molar-refractivity contribution in [2.45, 2.75) is 19.4 Å². The second kappa shape index (κ2) is 11.3. The van der Waals surface area contributed by atoms with Gasteiger partial charge in [0.2, 0.25) is 17.8 Å². The summed E-state index contributed by atoms with van der Waals surface area (Å²) < 4.78 is 6.29. The summed E-state index contributed by atoms with van der Waals surface area (Å²) in [6, 6.07) is 23.0. The van der Waals surface area contributed by atoms with Gasteiger partial charge in [0, 0.05) is 31.1 Å². The van der Waals surface area contributed by atoms with Crippen LogP contribution in [0.5, 0.6) is 11.5 Å². The van der Waals surface area contributed by atoms with Gasteiger partial charge in [0.05, 0.1) is 16.7 Å². The van der Waals surface area contributed by atoms with Crippen LogP contribution in [-0.2, 0) is 16.1 Å². The molecule has 0 unspecified atom stereocenters. The summed E-state index contributed by atoms with van der Waals surface area (Å²) >= 11 is 5.66. The first-order valence-electron chi connectivity index (χ1n) is 12.3. The van der Waals surface area contributed by atoms with Crippen LogP contribution in [0.3, 0.4) is 0 Å². The van der Waals surface area contributed by atoms with E-state index < -0.39 is 0 Å². The van der Waals surface area contributed by atoms with Gasteiger partial charge in [0.15, 0.2) is 5.75 Å². The molecule has 3 aromatic carbocycles. The third-order valence-corrected chi connectivity index (χ3v) is 6.73. The Kier molecular flexibility index (Phi) is 7.56. The van der Waals surface area contributed by atoms with Crippen LogP contribution in [0.2, 0.25) is 0 Å². The fourth-order valence-electron chi connectivity index (χ4n) is 4.45. The van der Waals surface area contributed by atoms with Crippen LogP contribution in [0.15, 0.2) is 72.8 Å². The highest BCUT2D eigenvalue weighted by Crippen LogP contribution is 2.32. The van der Waals surface area contributed by atoms with Crippen LogP contribution in [0, 0.1) is 5.92 Å². The summed E-state index contributed by atoms with van der Waals surface area (Å²) in [7, 11) is 0. The Hall–Kier alpha value is -4.04. The number of carbonyl (C=O) groups excluding carboxylic acids is 2. The molecular weight excluding hydrogens is 490 g/mol. The maximum atomic E-state index is 13.0. The fourth-order valence-corrected chi connectivity index (χ4v) is 4.62. The highest BCUT2D eigenvalue weighted by Gasteiger charge is 2.27. The number of aromatic nitrogens is 2. The molecule has 0 radical (unpaired) electrons. The summed E-state index contributed by atoms with van der Waals surface area (Å²) in [6.07, 6.45) is 1.21. The molecule has 0 atom stereocenters. The van der Waals surface area contributed by atoms with Crippen molar-refractivity contribution in [3.63, 3.8) is 0 Å². The second-order valence-corrected chi connectivity index (χ2v) is 9.21. The van der Waals surface area contributed by atoms with Crippen molar-refractivity contribution in [3.05, 3.63) is 78.4 Å². The summed E-state index contributed by atoms with van der Waals surface area (Å²) in [5.41, 5.74) is 3.42. The Morgan fingerprint density at radius 1 is 0.973 bits per heavy atom. The van der Waals surface area contributed by atoms with Gasteiger partial charge in [-0.2, -0.15) is 0 Å². The average Bonchev–Trinajstić information content (AvgIpc) is 3.36. The minimum absolute atomic E-state index is 0.0309. The number of ether oxygens (including phenoxy) is 1. The molecule has 1 saturated heterocycles. The number of H-pyrrole nitrogens is 1. The number of hydrogen-bond donors (Lipinski definition) is 3. The van der Waals surface area contributed by atoms with E-state index in [0.717, 1.165) is 16.6 Å². The van der Waals surface area contributed by atoms with Crippen LogP contribution in [0.4, 0.5) is 11.6 Å². The lowest BCUT2D eigenvalue weighted by atomic mass is 9.95. The van der Waals surface area contributed by atoms with Crippen LogP contribution < -0.4 is 15.4 Å². The molecule has 8 nitrogen and oxygen atoms in total. The lowest BCUT2D eigenvalue weighted by molar-refractivity contribution is -0.132. The molecule has 1 aliphatic rings. The lowest BCUT2D eigenvalue weighted by Gasteiger charge is -2.31. The second-order valence-electron chi connectivity index (χ2n) is 8.94. The smallest absolute Gasteiger partial charge is 0.237 e. The summed E-state index contributed by atoms with van der Waals surface area (Å²) in [5.74, 6) is 1.55. The van der Waals surface area contributed by atoms with Gasteiger partial charge in [-0.05, 0) is 43.2 Å². The number of carbonyl (C=O) groups is 2. The molecule has 0 aliphatic carbocycles. The Labute approximate surface area is 220 Å². The largest absolute Gasteiger partial charge is 0.455 e. The van der Waals surface area contributed by atoms with Gasteiger partial charge in [-0.15, -0.1) is 11.6 Å². The van der Waals surface area contributed by atoms with Crippen LogP contribution in [0.25, 0.3) is 11.0 Å². The van der Waals surface area contributed by atoms with E-state index in [1.165, 1.54) is 0 Å². The minimum atomic E-state index is -0.173. The normalized spacial score (nSPS) is 13.9. The van der Waals surface area contributed by atoms with E-state index in [1.54, 1.807) is 4.90 Å². The van der Waals surface area contributed by atoms with E-state index in [9.17, 15) is 9.59 Å². The predicted octanol–water partition coefficient (Wildman–Crippen LogP) is 5.38. The third kappa shape index (κ3) is 5.86. The molecule has 4 aromatic rings. The average molecular weight is 518 g/mol. The van der Waals surface area contributed by atoms with Crippen LogP contribution in [0.1, 0.15) is 18.4 Å². The van der Waals surface area contributed by atoms with E-state index in [2.05, 4.69) is 20.6 Å². The summed E-state index contributed by atoms with van der Waals surface area (Å²) in [5, 5.41) is 6.36. The van der Waals surface area contributed by atoms with E-state index in [0.29, 0.717) is 55.6 Å². The number of para-hydroxylation sites is 5. The number of likely N-dealkylation sites (tertiary alicyclic amines) is 1. The molecular formula is C28H28ClN5O3. The number of hydrogen-bond acceptors (Lipinski definition) is 5. The quantitative estimate of drug-likeness (QED) is 0.272. The lowest BCUT2D eigenvalue weighted by Crippen LogP contribution is -2.42. The number of benzene rings is 3. The molecule has 2 amide bonds. The van der Waals surface area contributed by atoms with Gasteiger partial charge in [-0.3, -0.25) is 9.59 Å². The number of halogens is 1. The van der Waals surface area contributed by atoms with Crippen molar-refractivity contribution >= 4 is 46.1 Å². The molecule has 37 heavy (non-hydrogen) atoms. The molecule has 0 saturated carbocycles. The highest BCUT2D eigenvalue weighted by molar-refractivity contribution is 6.27. The molecule has 3 N–H and O–H groups in total. The Morgan fingerprint density at radius 2 is 1.68 bits per heavy atom. The zero-order valence-corrected chi connectivity index (χ0v) is 21.0. The number of piperidine rings is 1. The van der Waals surface area contributed by atoms with Crippen molar-refractivity contribution in [2.24, 2.45) is 5.92 Å². The molecule has 0 bridgehead atoms. The number of anilines is 2. The highest BCUT2D eigenvalue weighted by atomic mass is 35.5. The molecule has 9 heteroatoms. The predicted molar refractivity (Wildman–Crippen MR) is 145 cm³/mol. The first-order valence-corrected chi connectivity index (χ1v) is 12.8. The first kappa shape index (κ1) is 24.6. The fraction of sp³-hybridized carbons (Fsp3) is 0.250. The number of amides is 2. The van der Waals surface area contributed by atoms with Gasteiger partial charge >= 0.3 is 0 Å². The van der Waals surface area contributed by atoms with E-state index in [1.807, 2.05) is 72.8 Å². The number of imidazole rings is 1. The van der Waals surface area contributed by atoms with Gasteiger partial charge in [0.1, 0.15) is 11.6 Å². The summed E-state index contributed by atoms with van der Waals surface area (Å²) in [6.45, 7) is 1.57. The van der Waals surface area contributed by atoms with E-state index in [-0.39, 0.29) is 23.6 Å². The monoisotopic (exact) mass is 517 g/mol. The minimum Gasteiger partial charge on any atom is -0.455 e. The molecule has 1 aliphatic heterocycles. The zero-order chi connectivity index (χ0) is 25.6. The molecule has 2 heterocycles. The van der Waals surface area contributed by atoms with Crippen molar-refractivity contribution in [3.8, 4) is 11.5 Å². The number of nitrogens with zero attached hydrogens (tertiary/aromatic N) is 2. The van der Waals surface area contributed by atoms with Gasteiger partial charge in [-0.25, -0.2) is 4.98 Å². The van der Waals surface area contributed by atoms with Crippen molar-refractivity contribution in [1.29, 1.82) is 0 Å². The molecule has 1 fully saturated rings.